The van der Waals surface area contributed by atoms with Gasteiger partial charge in [-0.15, -0.1) is 12.3 Å². The SMILES string of the molecule is C#CCCNC(=O)c1ccc(S(N)(=O)=O)cc1F. The number of halogens is 1. The van der Waals surface area contributed by atoms with Crippen LogP contribution in [0, 0.1) is 18.2 Å². The van der Waals surface area contributed by atoms with Crippen molar-refractivity contribution in [2.45, 2.75) is 11.3 Å². The molecule has 1 aromatic carbocycles. The van der Waals surface area contributed by atoms with Gasteiger partial charge >= 0.3 is 0 Å². The molecule has 0 saturated heterocycles. The molecule has 0 bridgehead atoms. The minimum Gasteiger partial charge on any atom is -0.351 e. The van der Waals surface area contributed by atoms with E-state index in [1.165, 1.54) is 0 Å². The van der Waals surface area contributed by atoms with Gasteiger partial charge in [-0.05, 0) is 18.2 Å². The molecular weight excluding hydrogens is 259 g/mol. The van der Waals surface area contributed by atoms with Crippen LogP contribution in [0.1, 0.15) is 16.8 Å². The Hall–Kier alpha value is -1.91. The fourth-order valence-corrected chi connectivity index (χ4v) is 1.73. The van der Waals surface area contributed by atoms with E-state index in [0.717, 1.165) is 12.1 Å². The molecule has 1 aromatic rings. The molecule has 1 rings (SSSR count). The lowest BCUT2D eigenvalue weighted by atomic mass is 10.2. The Labute approximate surface area is 104 Å². The molecule has 0 heterocycles. The summed E-state index contributed by atoms with van der Waals surface area (Å²) in [5.41, 5.74) is -0.264. The first-order valence-corrected chi connectivity index (χ1v) is 6.45. The van der Waals surface area contributed by atoms with Crippen LogP contribution in [0.3, 0.4) is 0 Å². The Morgan fingerprint density at radius 3 is 2.67 bits per heavy atom. The normalized spacial score (nSPS) is 10.7. The summed E-state index contributed by atoms with van der Waals surface area (Å²) < 4.78 is 35.4. The second-order valence-electron chi connectivity index (χ2n) is 3.40. The maximum Gasteiger partial charge on any atom is 0.254 e. The number of sulfonamides is 1. The summed E-state index contributed by atoms with van der Waals surface area (Å²) in [5.74, 6) is 0.692. The first kappa shape index (κ1) is 14.2. The number of amides is 1. The molecule has 3 N–H and O–H groups in total. The van der Waals surface area contributed by atoms with Gasteiger partial charge in [0.15, 0.2) is 0 Å². The van der Waals surface area contributed by atoms with Gasteiger partial charge in [0.1, 0.15) is 5.82 Å². The van der Waals surface area contributed by atoms with Crippen LogP contribution in [0.4, 0.5) is 4.39 Å². The Balaban J connectivity index is 2.93. The van der Waals surface area contributed by atoms with Crippen LogP contribution < -0.4 is 10.5 Å². The van der Waals surface area contributed by atoms with E-state index in [0.29, 0.717) is 12.5 Å². The Morgan fingerprint density at radius 2 is 2.17 bits per heavy atom. The number of terminal acetylenes is 1. The number of nitrogens with one attached hydrogen (secondary N) is 1. The highest BCUT2D eigenvalue weighted by molar-refractivity contribution is 7.89. The number of rotatable bonds is 4. The number of carbonyl (C=O) groups excluding carboxylic acids is 1. The molecule has 0 aromatic heterocycles. The smallest absolute Gasteiger partial charge is 0.254 e. The van der Waals surface area contributed by atoms with Crippen molar-refractivity contribution in [3.63, 3.8) is 0 Å². The monoisotopic (exact) mass is 270 g/mol. The molecular formula is C11H11FN2O3S. The highest BCUT2D eigenvalue weighted by Crippen LogP contribution is 2.13. The van der Waals surface area contributed by atoms with E-state index in [-0.39, 0.29) is 17.0 Å². The minimum absolute atomic E-state index is 0.214. The van der Waals surface area contributed by atoms with E-state index < -0.39 is 21.7 Å². The van der Waals surface area contributed by atoms with Crippen molar-refractivity contribution < 1.29 is 17.6 Å². The van der Waals surface area contributed by atoms with Gasteiger partial charge < -0.3 is 5.32 Å². The van der Waals surface area contributed by atoms with E-state index in [1.807, 2.05) is 0 Å². The van der Waals surface area contributed by atoms with Gasteiger partial charge in [-0.25, -0.2) is 17.9 Å². The first-order chi connectivity index (χ1) is 8.36. The number of hydrogen-bond acceptors (Lipinski definition) is 3. The zero-order valence-electron chi connectivity index (χ0n) is 9.31. The molecule has 0 radical (unpaired) electrons. The standard InChI is InChI=1S/C11H11FN2O3S/c1-2-3-6-14-11(15)9-5-4-8(7-10(9)12)18(13,16)17/h1,4-5,7H,3,6H2,(H,14,15)(H2,13,16,17). The Kier molecular flexibility index (Phi) is 4.42. The highest BCUT2D eigenvalue weighted by atomic mass is 32.2. The minimum atomic E-state index is -3.99. The van der Waals surface area contributed by atoms with Gasteiger partial charge in [-0.3, -0.25) is 4.79 Å². The summed E-state index contributed by atoms with van der Waals surface area (Å²) in [4.78, 5) is 11.1. The van der Waals surface area contributed by atoms with Gasteiger partial charge in [0.05, 0.1) is 10.5 Å². The van der Waals surface area contributed by atoms with E-state index in [1.54, 1.807) is 0 Å². The van der Waals surface area contributed by atoms with Crippen molar-refractivity contribution in [1.29, 1.82) is 0 Å². The second-order valence-corrected chi connectivity index (χ2v) is 4.96. The Morgan fingerprint density at radius 1 is 1.50 bits per heavy atom. The van der Waals surface area contributed by atoms with Crippen LogP contribution >= 0.6 is 0 Å². The molecule has 96 valence electrons. The second kappa shape index (κ2) is 5.62. The fraction of sp³-hybridized carbons (Fsp3) is 0.182. The van der Waals surface area contributed by atoms with E-state index in [4.69, 9.17) is 11.6 Å². The Bertz CT molecular complexity index is 605. The number of nitrogens with two attached hydrogens (primary N) is 1. The molecule has 0 aliphatic rings. The zero-order chi connectivity index (χ0) is 13.8. The van der Waals surface area contributed by atoms with Gasteiger partial charge in [0.25, 0.3) is 5.91 Å². The van der Waals surface area contributed by atoms with E-state index in [2.05, 4.69) is 11.2 Å². The lowest BCUT2D eigenvalue weighted by Crippen LogP contribution is -2.25. The van der Waals surface area contributed by atoms with E-state index >= 15 is 0 Å². The third kappa shape index (κ3) is 3.55. The molecule has 0 atom stereocenters. The summed E-state index contributed by atoms with van der Waals surface area (Å²) in [7, 11) is -3.99. The maximum atomic E-state index is 13.5. The van der Waals surface area contributed by atoms with Crippen LogP contribution in [0.25, 0.3) is 0 Å². The molecule has 0 aliphatic carbocycles. The topological polar surface area (TPSA) is 89.3 Å². The molecule has 7 heteroatoms. The first-order valence-electron chi connectivity index (χ1n) is 4.90. The molecule has 1 amide bonds. The van der Waals surface area contributed by atoms with Gasteiger partial charge in [0.2, 0.25) is 10.0 Å². The van der Waals surface area contributed by atoms with Crippen LogP contribution in [-0.2, 0) is 10.0 Å². The number of primary sulfonamides is 1. The van der Waals surface area contributed by atoms with E-state index in [9.17, 15) is 17.6 Å². The molecule has 0 unspecified atom stereocenters. The van der Waals surface area contributed by atoms with Crippen LogP contribution in [0.5, 0.6) is 0 Å². The summed E-state index contributed by atoms with van der Waals surface area (Å²) in [6.45, 7) is 0.214. The lowest BCUT2D eigenvalue weighted by Gasteiger charge is -2.05. The molecule has 18 heavy (non-hydrogen) atoms. The lowest BCUT2D eigenvalue weighted by molar-refractivity contribution is 0.0950. The van der Waals surface area contributed by atoms with Crippen molar-refractivity contribution in [2.75, 3.05) is 6.54 Å². The number of hydrogen-bond donors (Lipinski definition) is 2. The largest absolute Gasteiger partial charge is 0.351 e. The quantitative estimate of drug-likeness (QED) is 0.606. The predicted molar refractivity (Wildman–Crippen MR) is 63.6 cm³/mol. The maximum absolute atomic E-state index is 13.5. The summed E-state index contributed by atoms with van der Waals surface area (Å²) in [6, 6.07) is 2.82. The molecule has 0 aliphatic heterocycles. The average Bonchev–Trinajstić information content (AvgIpc) is 2.27. The highest BCUT2D eigenvalue weighted by Gasteiger charge is 2.15. The van der Waals surface area contributed by atoms with Crippen molar-refractivity contribution in [3.8, 4) is 12.3 Å². The summed E-state index contributed by atoms with van der Waals surface area (Å²) in [5, 5.41) is 7.23. The average molecular weight is 270 g/mol. The van der Waals surface area contributed by atoms with Crippen molar-refractivity contribution in [1.82, 2.24) is 5.32 Å². The molecule has 0 fully saturated rings. The van der Waals surface area contributed by atoms with Gasteiger partial charge in [-0.1, -0.05) is 0 Å². The van der Waals surface area contributed by atoms with Crippen LogP contribution in [0.15, 0.2) is 23.1 Å². The number of carbonyl (C=O) groups is 1. The third-order valence-electron chi connectivity index (χ3n) is 2.07. The van der Waals surface area contributed by atoms with Crippen LogP contribution in [-0.4, -0.2) is 20.9 Å². The van der Waals surface area contributed by atoms with Gasteiger partial charge in [-0.2, -0.15) is 0 Å². The van der Waals surface area contributed by atoms with Crippen molar-refractivity contribution in [3.05, 3.63) is 29.6 Å². The summed E-state index contributed by atoms with van der Waals surface area (Å²) in [6.07, 6.45) is 5.32. The fourth-order valence-electron chi connectivity index (χ4n) is 1.20. The molecule has 5 nitrogen and oxygen atoms in total. The zero-order valence-corrected chi connectivity index (χ0v) is 10.1. The van der Waals surface area contributed by atoms with Gasteiger partial charge in [0, 0.05) is 13.0 Å². The molecule has 0 spiro atoms. The predicted octanol–water partition coefficient (Wildman–Crippen LogP) is 0.226. The van der Waals surface area contributed by atoms with Crippen molar-refractivity contribution in [2.24, 2.45) is 5.14 Å². The van der Waals surface area contributed by atoms with Crippen LogP contribution in [0.2, 0.25) is 0 Å². The third-order valence-corrected chi connectivity index (χ3v) is 2.98. The number of benzene rings is 1. The summed E-state index contributed by atoms with van der Waals surface area (Å²) >= 11 is 0. The molecule has 0 saturated carbocycles. The van der Waals surface area contributed by atoms with Crippen molar-refractivity contribution >= 4 is 15.9 Å².